The van der Waals surface area contributed by atoms with E-state index in [4.69, 9.17) is 9.47 Å². The monoisotopic (exact) mass is 497 g/mol. The fourth-order valence-electron chi connectivity index (χ4n) is 4.34. The van der Waals surface area contributed by atoms with Gasteiger partial charge in [0.15, 0.2) is 0 Å². The summed E-state index contributed by atoms with van der Waals surface area (Å²) in [7, 11) is -2.16. The lowest BCUT2D eigenvalue weighted by Gasteiger charge is -2.26. The Labute approximate surface area is 203 Å². The largest absolute Gasteiger partial charge is 0.497 e. The van der Waals surface area contributed by atoms with Gasteiger partial charge < -0.3 is 19.4 Å². The first-order valence-corrected chi connectivity index (χ1v) is 13.0. The second-order valence-corrected chi connectivity index (χ2v) is 10.7. The number of nitrogens with zero attached hydrogens (tertiary/aromatic N) is 2. The molecule has 10 heteroatoms. The molecule has 1 saturated carbocycles. The number of fused-ring (bicyclic) bond motifs is 1. The maximum absolute atomic E-state index is 13.8. The number of aromatic amines is 1. The maximum atomic E-state index is 13.8. The zero-order chi connectivity index (χ0) is 24.6. The summed E-state index contributed by atoms with van der Waals surface area (Å²) in [6, 6.07) is 13.3. The number of pyridine rings is 1. The molecule has 1 aliphatic heterocycles. The predicted molar refractivity (Wildman–Crippen MR) is 130 cm³/mol. The number of methoxy groups -OCH3 is 1. The van der Waals surface area contributed by atoms with Gasteiger partial charge in [-0.15, -0.1) is 0 Å². The van der Waals surface area contributed by atoms with Crippen LogP contribution >= 0.6 is 0 Å². The minimum atomic E-state index is -3.76. The van der Waals surface area contributed by atoms with E-state index in [0.29, 0.717) is 30.7 Å². The average molecular weight is 498 g/mol. The number of carbonyl (C=O) groups is 1. The average Bonchev–Trinajstić information content (AvgIpc) is 3.72. The molecule has 2 aliphatic rings. The van der Waals surface area contributed by atoms with E-state index in [2.05, 4.69) is 4.98 Å². The molecule has 1 amide bonds. The lowest BCUT2D eigenvalue weighted by molar-refractivity contribution is 0.0730. The first-order chi connectivity index (χ1) is 16.9. The number of benzene rings is 2. The summed E-state index contributed by atoms with van der Waals surface area (Å²) in [4.78, 5) is 30.7. The minimum absolute atomic E-state index is 0.0826. The molecule has 2 fully saturated rings. The number of hydrogen-bond acceptors (Lipinski definition) is 6. The highest BCUT2D eigenvalue weighted by Crippen LogP contribution is 2.32. The van der Waals surface area contributed by atoms with Crippen LogP contribution in [-0.2, 0) is 21.3 Å². The van der Waals surface area contributed by atoms with Crippen molar-refractivity contribution in [2.75, 3.05) is 33.4 Å². The van der Waals surface area contributed by atoms with Crippen molar-refractivity contribution in [2.45, 2.75) is 30.3 Å². The summed E-state index contributed by atoms with van der Waals surface area (Å²) in [5, 5.41) is 0.407. The molecule has 184 valence electrons. The Morgan fingerprint density at radius 2 is 1.83 bits per heavy atom. The van der Waals surface area contributed by atoms with E-state index in [9.17, 15) is 18.0 Å². The van der Waals surface area contributed by atoms with Crippen molar-refractivity contribution < 1.29 is 22.7 Å². The summed E-state index contributed by atoms with van der Waals surface area (Å²) in [6.45, 7) is 1.61. The number of carbonyl (C=O) groups excluding carboxylic acids is 1. The quantitative estimate of drug-likeness (QED) is 0.537. The van der Waals surface area contributed by atoms with Crippen LogP contribution in [0.25, 0.3) is 10.9 Å². The molecule has 9 nitrogen and oxygen atoms in total. The molecule has 35 heavy (non-hydrogen) atoms. The summed E-state index contributed by atoms with van der Waals surface area (Å²) in [6.07, 6.45) is 1.78. The lowest BCUT2D eigenvalue weighted by atomic mass is 10.1. The van der Waals surface area contributed by atoms with Crippen LogP contribution < -0.4 is 10.3 Å². The number of H-pyrrole nitrogens is 1. The van der Waals surface area contributed by atoms with Crippen LogP contribution in [0.1, 0.15) is 28.8 Å². The van der Waals surface area contributed by atoms with Gasteiger partial charge in [0.2, 0.25) is 15.6 Å². The predicted octanol–water partition coefficient (Wildman–Crippen LogP) is 2.36. The Kier molecular flexibility index (Phi) is 6.35. The van der Waals surface area contributed by atoms with Gasteiger partial charge in [-0.2, -0.15) is 4.31 Å². The van der Waals surface area contributed by atoms with Crippen LogP contribution in [0.2, 0.25) is 0 Å². The Bertz CT molecular complexity index is 1410. The van der Waals surface area contributed by atoms with Gasteiger partial charge >= 0.3 is 0 Å². The second kappa shape index (κ2) is 9.44. The molecule has 2 aromatic carbocycles. The zero-order valence-electron chi connectivity index (χ0n) is 19.4. The normalized spacial score (nSPS) is 16.8. The molecule has 0 spiro atoms. The first kappa shape index (κ1) is 23.5. The molecule has 0 bridgehead atoms. The topological polar surface area (TPSA) is 109 Å². The highest BCUT2D eigenvalue weighted by atomic mass is 32.2. The van der Waals surface area contributed by atoms with Gasteiger partial charge in [0, 0.05) is 42.6 Å². The third-order valence-electron chi connectivity index (χ3n) is 6.41. The van der Waals surface area contributed by atoms with Crippen molar-refractivity contribution in [1.29, 1.82) is 0 Å². The van der Waals surface area contributed by atoms with Crippen LogP contribution in [0.3, 0.4) is 0 Å². The van der Waals surface area contributed by atoms with Crippen molar-refractivity contribution in [3.63, 3.8) is 0 Å². The first-order valence-electron chi connectivity index (χ1n) is 11.6. The third kappa shape index (κ3) is 4.82. The number of amides is 1. The van der Waals surface area contributed by atoms with Crippen LogP contribution in [0.4, 0.5) is 0 Å². The van der Waals surface area contributed by atoms with Gasteiger partial charge in [-0.25, -0.2) is 8.42 Å². The lowest BCUT2D eigenvalue weighted by Crippen LogP contribution is -2.40. The molecule has 5 rings (SSSR count). The molecule has 1 aromatic heterocycles. The van der Waals surface area contributed by atoms with Crippen LogP contribution in [0.5, 0.6) is 5.75 Å². The third-order valence-corrected chi connectivity index (χ3v) is 8.31. The van der Waals surface area contributed by atoms with E-state index in [1.54, 1.807) is 18.1 Å². The van der Waals surface area contributed by atoms with Gasteiger partial charge in [0.1, 0.15) is 5.75 Å². The molecule has 1 aliphatic carbocycles. The number of hydrogen-bond donors (Lipinski definition) is 1. The Hall–Kier alpha value is -3.21. The van der Waals surface area contributed by atoms with E-state index in [1.807, 2.05) is 24.3 Å². The molecular formula is C25H27N3O6S. The van der Waals surface area contributed by atoms with E-state index >= 15 is 0 Å². The van der Waals surface area contributed by atoms with E-state index in [-0.39, 0.29) is 35.5 Å². The number of morpholine rings is 1. The van der Waals surface area contributed by atoms with Gasteiger partial charge in [-0.1, -0.05) is 12.1 Å². The van der Waals surface area contributed by atoms with E-state index in [0.717, 1.165) is 24.2 Å². The molecule has 2 heterocycles. The standard InChI is InChI=1S/C25H27N3O6S/c1-33-19-6-2-17(3-7-19)16-28(18-4-5-18)25(30)22-15-24(29)26-23-9-8-20(14-21(22)23)35(31,32)27-10-12-34-13-11-27/h2-3,6-9,14-15,18H,4-5,10-13,16H2,1H3,(H,26,29). The fourth-order valence-corrected chi connectivity index (χ4v) is 5.78. The molecule has 0 radical (unpaired) electrons. The van der Waals surface area contributed by atoms with Crippen LogP contribution in [0, 0.1) is 0 Å². The van der Waals surface area contributed by atoms with Crippen LogP contribution in [0.15, 0.2) is 58.2 Å². The van der Waals surface area contributed by atoms with E-state index < -0.39 is 15.6 Å². The smallest absolute Gasteiger partial charge is 0.255 e. The van der Waals surface area contributed by atoms with Gasteiger partial charge in [0.25, 0.3) is 5.91 Å². The van der Waals surface area contributed by atoms with Crippen LogP contribution in [-0.4, -0.2) is 68.0 Å². The van der Waals surface area contributed by atoms with Crippen molar-refractivity contribution in [2.24, 2.45) is 0 Å². The molecule has 3 aromatic rings. The molecule has 0 atom stereocenters. The van der Waals surface area contributed by atoms with Crippen molar-refractivity contribution in [3.05, 3.63) is 70.0 Å². The summed E-state index contributed by atoms with van der Waals surface area (Å²) < 4.78 is 38.3. The SMILES string of the molecule is COc1ccc(CN(C(=O)c2cc(=O)[nH]c3ccc(S(=O)(=O)N4CCOCC4)cc23)C2CC2)cc1. The molecule has 1 saturated heterocycles. The Morgan fingerprint density at radius 1 is 1.11 bits per heavy atom. The number of aromatic nitrogens is 1. The second-order valence-electron chi connectivity index (χ2n) is 8.78. The maximum Gasteiger partial charge on any atom is 0.255 e. The van der Waals surface area contributed by atoms with Gasteiger partial charge in [0.05, 0.1) is 30.8 Å². The molecular weight excluding hydrogens is 470 g/mol. The molecule has 0 unspecified atom stereocenters. The van der Waals surface area contributed by atoms with Gasteiger partial charge in [-0.3, -0.25) is 9.59 Å². The number of sulfonamides is 1. The van der Waals surface area contributed by atoms with Gasteiger partial charge in [-0.05, 0) is 48.7 Å². The Morgan fingerprint density at radius 3 is 2.49 bits per heavy atom. The number of rotatable bonds is 7. The van der Waals surface area contributed by atoms with E-state index in [1.165, 1.54) is 22.5 Å². The molecule has 1 N–H and O–H groups in total. The van der Waals surface area contributed by atoms with Crippen molar-refractivity contribution >= 4 is 26.8 Å². The minimum Gasteiger partial charge on any atom is -0.497 e. The summed E-state index contributed by atoms with van der Waals surface area (Å²) in [5.74, 6) is 0.438. The number of ether oxygens (including phenoxy) is 2. The van der Waals surface area contributed by atoms with Crippen molar-refractivity contribution in [1.82, 2.24) is 14.2 Å². The Balaban J connectivity index is 1.53. The van der Waals surface area contributed by atoms with Crippen molar-refractivity contribution in [3.8, 4) is 5.75 Å². The summed E-state index contributed by atoms with van der Waals surface area (Å²) >= 11 is 0. The zero-order valence-corrected chi connectivity index (χ0v) is 20.2. The highest BCUT2D eigenvalue weighted by molar-refractivity contribution is 7.89. The summed E-state index contributed by atoms with van der Waals surface area (Å²) in [5.41, 5.74) is 1.14. The number of nitrogens with one attached hydrogen (secondary N) is 1. The fraction of sp³-hybridized carbons (Fsp3) is 0.360. The highest BCUT2D eigenvalue weighted by Gasteiger charge is 2.34.